The Kier molecular flexibility index (Phi) is 5.15. The highest BCUT2D eigenvalue weighted by Gasteiger charge is 2.25. The van der Waals surface area contributed by atoms with Gasteiger partial charge in [0.05, 0.1) is 10.6 Å². The minimum Gasteiger partial charge on any atom is -0.378 e. The minimum absolute atomic E-state index is 0.204. The summed E-state index contributed by atoms with van der Waals surface area (Å²) in [5.41, 5.74) is 0.960. The van der Waals surface area contributed by atoms with E-state index in [-0.39, 0.29) is 5.82 Å². The van der Waals surface area contributed by atoms with Crippen molar-refractivity contribution in [2.75, 3.05) is 13.2 Å². The lowest BCUT2D eigenvalue weighted by Crippen LogP contribution is -2.28. The van der Waals surface area contributed by atoms with Gasteiger partial charge in [0, 0.05) is 19.7 Å². The molecule has 1 saturated heterocycles. The van der Waals surface area contributed by atoms with Crippen molar-refractivity contribution in [1.82, 2.24) is 5.32 Å². The predicted molar refractivity (Wildman–Crippen MR) is 73.9 cm³/mol. The van der Waals surface area contributed by atoms with Gasteiger partial charge in [-0.15, -0.1) is 0 Å². The van der Waals surface area contributed by atoms with Crippen LogP contribution in [0.1, 0.15) is 25.3 Å². The Morgan fingerprint density at radius 2 is 2.33 bits per heavy atom. The Balaban J connectivity index is 1.83. The maximum absolute atomic E-state index is 13.3. The summed E-state index contributed by atoms with van der Waals surface area (Å²) in [7, 11) is 0. The first-order valence-corrected chi connectivity index (χ1v) is 7.27. The third-order valence-electron chi connectivity index (χ3n) is 3.50. The molecule has 1 fully saturated rings. The number of hydrogen-bond donors (Lipinski definition) is 1. The molecule has 0 radical (unpaired) electrons. The van der Waals surface area contributed by atoms with Crippen LogP contribution in [0.15, 0.2) is 22.7 Å². The van der Waals surface area contributed by atoms with Crippen molar-refractivity contribution >= 4 is 15.9 Å². The van der Waals surface area contributed by atoms with Crippen molar-refractivity contribution in [2.45, 2.75) is 32.4 Å². The van der Waals surface area contributed by atoms with Gasteiger partial charge >= 0.3 is 0 Å². The molecule has 4 heteroatoms. The second-order valence-electron chi connectivity index (χ2n) is 4.71. The third-order valence-corrected chi connectivity index (χ3v) is 4.39. The fourth-order valence-corrected chi connectivity index (χ4v) is 2.86. The maximum atomic E-state index is 13.3. The molecule has 0 aromatic heterocycles. The Hall–Kier alpha value is -0.450. The molecule has 18 heavy (non-hydrogen) atoms. The van der Waals surface area contributed by atoms with Crippen LogP contribution in [0, 0.1) is 11.7 Å². The average Bonchev–Trinajstić information content (AvgIpc) is 2.82. The van der Waals surface area contributed by atoms with Crippen LogP contribution in [0.4, 0.5) is 4.39 Å². The first kappa shape index (κ1) is 14.0. The summed E-state index contributed by atoms with van der Waals surface area (Å²) < 4.78 is 19.5. The largest absolute Gasteiger partial charge is 0.378 e. The van der Waals surface area contributed by atoms with E-state index >= 15 is 0 Å². The van der Waals surface area contributed by atoms with Gasteiger partial charge in [-0.3, -0.25) is 0 Å². The highest BCUT2D eigenvalue weighted by molar-refractivity contribution is 9.10. The quantitative estimate of drug-likeness (QED) is 0.898. The zero-order valence-corrected chi connectivity index (χ0v) is 12.2. The first-order chi connectivity index (χ1) is 8.72. The molecular weight excluding hydrogens is 297 g/mol. The highest BCUT2D eigenvalue weighted by atomic mass is 79.9. The lowest BCUT2D eigenvalue weighted by atomic mass is 9.99. The summed E-state index contributed by atoms with van der Waals surface area (Å²) in [6, 6.07) is 5.14. The van der Waals surface area contributed by atoms with Crippen LogP contribution in [0.5, 0.6) is 0 Å². The zero-order chi connectivity index (χ0) is 13.0. The fraction of sp³-hybridized carbons (Fsp3) is 0.571. The van der Waals surface area contributed by atoms with E-state index in [9.17, 15) is 4.39 Å². The van der Waals surface area contributed by atoms with Crippen LogP contribution < -0.4 is 5.32 Å². The standard InChI is InChI=1S/C14H19BrFNO/c1-2-13-10(6-7-18-13)8-17-9-11-4-3-5-12(16)14(11)15/h3-5,10,13,17H,2,6-9H2,1H3. The normalized spacial score (nSPS) is 23.5. The van der Waals surface area contributed by atoms with Crippen molar-refractivity contribution in [3.8, 4) is 0 Å². The summed E-state index contributed by atoms with van der Waals surface area (Å²) in [6.07, 6.45) is 2.57. The van der Waals surface area contributed by atoms with Crippen molar-refractivity contribution in [3.05, 3.63) is 34.1 Å². The average molecular weight is 316 g/mol. The third kappa shape index (κ3) is 3.31. The van der Waals surface area contributed by atoms with Gasteiger partial charge in [0.1, 0.15) is 5.82 Å². The van der Waals surface area contributed by atoms with E-state index in [0.717, 1.165) is 31.6 Å². The Bertz CT molecular complexity index is 399. The molecule has 0 bridgehead atoms. The molecule has 0 amide bonds. The number of hydrogen-bond acceptors (Lipinski definition) is 2. The molecule has 0 spiro atoms. The summed E-state index contributed by atoms with van der Waals surface area (Å²) in [5.74, 6) is 0.382. The minimum atomic E-state index is -0.204. The van der Waals surface area contributed by atoms with Crippen LogP contribution in [-0.2, 0) is 11.3 Å². The molecule has 1 N–H and O–H groups in total. The summed E-state index contributed by atoms with van der Waals surface area (Å²) in [4.78, 5) is 0. The summed E-state index contributed by atoms with van der Waals surface area (Å²) >= 11 is 3.28. The lowest BCUT2D eigenvalue weighted by molar-refractivity contribution is 0.0872. The van der Waals surface area contributed by atoms with Crippen molar-refractivity contribution in [1.29, 1.82) is 0 Å². The smallest absolute Gasteiger partial charge is 0.137 e. The predicted octanol–water partition coefficient (Wildman–Crippen LogP) is 3.49. The monoisotopic (exact) mass is 315 g/mol. The van der Waals surface area contributed by atoms with E-state index in [1.807, 2.05) is 6.07 Å². The van der Waals surface area contributed by atoms with E-state index in [1.165, 1.54) is 6.07 Å². The number of nitrogens with one attached hydrogen (secondary N) is 1. The molecule has 0 saturated carbocycles. The van der Waals surface area contributed by atoms with Crippen LogP contribution >= 0.6 is 15.9 Å². The number of rotatable bonds is 5. The van der Waals surface area contributed by atoms with E-state index in [4.69, 9.17) is 4.74 Å². The Labute approximate surface area is 116 Å². The van der Waals surface area contributed by atoms with Crippen LogP contribution in [0.2, 0.25) is 0 Å². The molecule has 1 aliphatic rings. The topological polar surface area (TPSA) is 21.3 Å². The lowest BCUT2D eigenvalue weighted by Gasteiger charge is -2.17. The van der Waals surface area contributed by atoms with Crippen LogP contribution in [0.25, 0.3) is 0 Å². The van der Waals surface area contributed by atoms with E-state index in [1.54, 1.807) is 6.07 Å². The van der Waals surface area contributed by atoms with Gasteiger partial charge in [-0.1, -0.05) is 19.1 Å². The molecule has 1 aromatic rings. The molecule has 1 aromatic carbocycles. The van der Waals surface area contributed by atoms with Gasteiger partial charge in [0.15, 0.2) is 0 Å². The van der Waals surface area contributed by atoms with E-state index in [2.05, 4.69) is 28.2 Å². The summed E-state index contributed by atoms with van der Waals surface area (Å²) in [6.45, 7) is 4.65. The van der Waals surface area contributed by atoms with Crippen molar-refractivity contribution < 1.29 is 9.13 Å². The zero-order valence-electron chi connectivity index (χ0n) is 10.6. The maximum Gasteiger partial charge on any atom is 0.137 e. The Morgan fingerprint density at radius 1 is 1.50 bits per heavy atom. The molecular formula is C14H19BrFNO. The molecule has 1 heterocycles. The van der Waals surface area contributed by atoms with Gasteiger partial charge in [-0.2, -0.15) is 0 Å². The van der Waals surface area contributed by atoms with Crippen molar-refractivity contribution in [3.63, 3.8) is 0 Å². The molecule has 2 unspecified atom stereocenters. The molecule has 100 valence electrons. The van der Waals surface area contributed by atoms with Gasteiger partial charge in [-0.05, 0) is 46.3 Å². The number of halogens is 2. The molecule has 0 aliphatic carbocycles. The number of ether oxygens (including phenoxy) is 1. The Morgan fingerprint density at radius 3 is 3.11 bits per heavy atom. The first-order valence-electron chi connectivity index (χ1n) is 6.47. The highest BCUT2D eigenvalue weighted by Crippen LogP contribution is 2.23. The van der Waals surface area contributed by atoms with E-state index < -0.39 is 0 Å². The second kappa shape index (κ2) is 6.64. The van der Waals surface area contributed by atoms with E-state index in [0.29, 0.717) is 23.0 Å². The van der Waals surface area contributed by atoms with Gasteiger partial charge in [0.25, 0.3) is 0 Å². The van der Waals surface area contributed by atoms with Crippen LogP contribution in [-0.4, -0.2) is 19.3 Å². The number of benzene rings is 1. The molecule has 2 atom stereocenters. The van der Waals surface area contributed by atoms with Crippen molar-refractivity contribution in [2.24, 2.45) is 5.92 Å². The van der Waals surface area contributed by atoms with Gasteiger partial charge in [-0.25, -0.2) is 4.39 Å². The molecule has 1 aliphatic heterocycles. The molecule has 2 rings (SSSR count). The summed E-state index contributed by atoms with van der Waals surface area (Å²) in [5, 5.41) is 3.40. The second-order valence-corrected chi connectivity index (χ2v) is 5.50. The van der Waals surface area contributed by atoms with Crippen LogP contribution in [0.3, 0.4) is 0 Å². The SMILES string of the molecule is CCC1OCCC1CNCc1cccc(F)c1Br. The fourth-order valence-electron chi connectivity index (χ4n) is 2.45. The van der Waals surface area contributed by atoms with Gasteiger partial charge in [0.2, 0.25) is 0 Å². The van der Waals surface area contributed by atoms with Gasteiger partial charge < -0.3 is 10.1 Å². The molecule has 2 nitrogen and oxygen atoms in total.